The highest BCUT2D eigenvalue weighted by Gasteiger charge is 2.30. The number of sulfone groups is 1. The fraction of sp³-hybridized carbons (Fsp3) is 0.571. The van der Waals surface area contributed by atoms with Crippen LogP contribution in [0.25, 0.3) is 0 Å². The van der Waals surface area contributed by atoms with Gasteiger partial charge in [-0.25, -0.2) is 8.42 Å². The van der Waals surface area contributed by atoms with Crippen LogP contribution < -0.4 is 5.32 Å². The maximum Gasteiger partial charge on any atom is 0.156 e. The Morgan fingerprint density at radius 1 is 1.43 bits per heavy atom. The molecule has 0 aliphatic carbocycles. The van der Waals surface area contributed by atoms with Gasteiger partial charge in [0.25, 0.3) is 0 Å². The summed E-state index contributed by atoms with van der Waals surface area (Å²) in [5.74, 6) is 0.466. The summed E-state index contributed by atoms with van der Waals surface area (Å²) in [4.78, 5) is 0. The zero-order valence-electron chi connectivity index (χ0n) is 11.7. The highest BCUT2D eigenvalue weighted by atomic mass is 35.5. The SMILES string of the molecule is O=S1(=O)CC[C@@H]([NH2+]C[C@H](O)COCc2ccccc2Cl)C1. The third kappa shape index (κ3) is 5.56. The summed E-state index contributed by atoms with van der Waals surface area (Å²) in [5, 5.41) is 12.4. The van der Waals surface area contributed by atoms with Crippen LogP contribution in [-0.2, 0) is 21.2 Å². The Morgan fingerprint density at radius 2 is 2.19 bits per heavy atom. The van der Waals surface area contributed by atoms with Gasteiger partial charge in [-0.05, 0) is 11.6 Å². The van der Waals surface area contributed by atoms with Gasteiger partial charge in [0, 0.05) is 11.4 Å². The highest BCUT2D eigenvalue weighted by Crippen LogP contribution is 2.15. The third-order valence-electron chi connectivity index (χ3n) is 3.53. The van der Waals surface area contributed by atoms with E-state index in [1.54, 1.807) is 6.07 Å². The predicted molar refractivity (Wildman–Crippen MR) is 81.0 cm³/mol. The number of benzene rings is 1. The third-order valence-corrected chi connectivity index (χ3v) is 5.70. The number of ether oxygens (including phenoxy) is 1. The first kappa shape index (κ1) is 16.7. The van der Waals surface area contributed by atoms with Crippen LogP contribution in [0, 0.1) is 0 Å². The summed E-state index contributed by atoms with van der Waals surface area (Å²) < 4.78 is 28.1. The van der Waals surface area contributed by atoms with Crippen molar-refractivity contribution in [3.8, 4) is 0 Å². The van der Waals surface area contributed by atoms with Crippen LogP contribution in [0.5, 0.6) is 0 Å². The zero-order chi connectivity index (χ0) is 15.3. The minimum atomic E-state index is -2.86. The van der Waals surface area contributed by atoms with Crippen molar-refractivity contribution in [1.82, 2.24) is 0 Å². The van der Waals surface area contributed by atoms with Gasteiger partial charge in [0.05, 0.1) is 19.0 Å². The van der Waals surface area contributed by atoms with Gasteiger partial charge in [0.1, 0.15) is 24.4 Å². The van der Waals surface area contributed by atoms with Crippen LogP contribution in [0.1, 0.15) is 12.0 Å². The molecule has 2 atom stereocenters. The second-order valence-corrected chi connectivity index (χ2v) is 8.03. The fourth-order valence-electron chi connectivity index (χ4n) is 2.35. The van der Waals surface area contributed by atoms with Crippen LogP contribution in [-0.4, -0.2) is 50.3 Å². The van der Waals surface area contributed by atoms with Crippen molar-refractivity contribution < 1.29 is 23.6 Å². The van der Waals surface area contributed by atoms with Gasteiger partial charge in [0.2, 0.25) is 0 Å². The normalized spacial score (nSPS) is 22.3. The molecule has 0 radical (unpaired) electrons. The molecule has 1 aliphatic heterocycles. The molecule has 1 saturated heterocycles. The van der Waals surface area contributed by atoms with E-state index in [0.717, 1.165) is 5.56 Å². The largest absolute Gasteiger partial charge is 0.385 e. The molecular formula is C14H21ClNO4S+. The average Bonchev–Trinajstić information content (AvgIpc) is 2.78. The number of halogens is 1. The monoisotopic (exact) mass is 334 g/mol. The quantitative estimate of drug-likeness (QED) is 0.733. The molecule has 0 amide bonds. The number of hydrogen-bond acceptors (Lipinski definition) is 4. The molecule has 2 rings (SSSR count). The Balaban J connectivity index is 1.64. The van der Waals surface area contributed by atoms with Crippen molar-refractivity contribution in [2.24, 2.45) is 0 Å². The number of aliphatic hydroxyl groups is 1. The Hall–Kier alpha value is -0.660. The van der Waals surface area contributed by atoms with Gasteiger partial charge < -0.3 is 15.2 Å². The molecular weight excluding hydrogens is 314 g/mol. The Bertz CT molecular complexity index is 564. The first-order chi connectivity index (χ1) is 9.96. The first-order valence-corrected chi connectivity index (χ1v) is 9.19. The lowest BCUT2D eigenvalue weighted by Gasteiger charge is -2.13. The first-order valence-electron chi connectivity index (χ1n) is 6.99. The lowest BCUT2D eigenvalue weighted by molar-refractivity contribution is -0.690. The Morgan fingerprint density at radius 3 is 2.86 bits per heavy atom. The Kier molecular flexibility index (Phi) is 6.01. The van der Waals surface area contributed by atoms with E-state index >= 15 is 0 Å². The molecule has 1 aromatic carbocycles. The van der Waals surface area contributed by atoms with Crippen molar-refractivity contribution in [2.75, 3.05) is 24.7 Å². The summed E-state index contributed by atoms with van der Waals surface area (Å²) in [6, 6.07) is 7.48. The minimum Gasteiger partial charge on any atom is -0.385 e. The molecule has 7 heteroatoms. The van der Waals surface area contributed by atoms with E-state index in [2.05, 4.69) is 0 Å². The van der Waals surface area contributed by atoms with E-state index in [-0.39, 0.29) is 24.2 Å². The molecule has 0 spiro atoms. The lowest BCUT2D eigenvalue weighted by atomic mass is 10.2. The van der Waals surface area contributed by atoms with Crippen LogP contribution in [0.15, 0.2) is 24.3 Å². The van der Waals surface area contributed by atoms with Gasteiger partial charge in [-0.1, -0.05) is 29.8 Å². The predicted octanol–water partition coefficient (Wildman–Crippen LogP) is -0.0320. The maximum atomic E-state index is 11.3. The van der Waals surface area contributed by atoms with Gasteiger partial charge in [-0.2, -0.15) is 0 Å². The van der Waals surface area contributed by atoms with Crippen LogP contribution in [0.3, 0.4) is 0 Å². The van der Waals surface area contributed by atoms with E-state index in [1.165, 1.54) is 0 Å². The van der Waals surface area contributed by atoms with E-state index in [4.69, 9.17) is 16.3 Å². The van der Waals surface area contributed by atoms with Gasteiger partial charge in [0.15, 0.2) is 9.84 Å². The summed E-state index contributed by atoms with van der Waals surface area (Å²) in [6.45, 7) is 1.01. The van der Waals surface area contributed by atoms with Crippen LogP contribution in [0.4, 0.5) is 0 Å². The number of rotatable bonds is 7. The molecule has 21 heavy (non-hydrogen) atoms. The van der Waals surface area contributed by atoms with Crippen molar-refractivity contribution in [2.45, 2.75) is 25.2 Å². The maximum absolute atomic E-state index is 11.3. The van der Waals surface area contributed by atoms with Crippen molar-refractivity contribution in [3.63, 3.8) is 0 Å². The van der Waals surface area contributed by atoms with Gasteiger partial charge in [-0.15, -0.1) is 0 Å². The molecule has 0 bridgehead atoms. The second-order valence-electron chi connectivity index (χ2n) is 5.39. The van der Waals surface area contributed by atoms with E-state index in [0.29, 0.717) is 24.6 Å². The minimum absolute atomic E-state index is 0.0632. The number of nitrogens with two attached hydrogens (primary N) is 1. The fourth-order valence-corrected chi connectivity index (χ4v) is 4.32. The van der Waals surface area contributed by atoms with E-state index < -0.39 is 15.9 Å². The number of aliphatic hydroxyl groups excluding tert-OH is 1. The molecule has 1 heterocycles. The molecule has 5 nitrogen and oxygen atoms in total. The smallest absolute Gasteiger partial charge is 0.156 e. The van der Waals surface area contributed by atoms with Crippen molar-refractivity contribution in [1.29, 1.82) is 0 Å². The highest BCUT2D eigenvalue weighted by molar-refractivity contribution is 7.91. The van der Waals surface area contributed by atoms with Gasteiger partial charge >= 0.3 is 0 Å². The zero-order valence-corrected chi connectivity index (χ0v) is 13.3. The number of hydrogen-bond donors (Lipinski definition) is 2. The van der Waals surface area contributed by atoms with Gasteiger partial charge in [-0.3, -0.25) is 0 Å². The van der Waals surface area contributed by atoms with Crippen molar-refractivity contribution in [3.05, 3.63) is 34.9 Å². The van der Waals surface area contributed by atoms with E-state index in [9.17, 15) is 13.5 Å². The average molecular weight is 335 g/mol. The molecule has 0 saturated carbocycles. The molecule has 1 aliphatic rings. The summed E-state index contributed by atoms with van der Waals surface area (Å²) >= 11 is 6.01. The molecule has 1 aromatic rings. The molecule has 1 fully saturated rings. The molecule has 118 valence electrons. The van der Waals surface area contributed by atoms with Crippen LogP contribution in [0.2, 0.25) is 5.02 Å². The molecule has 0 unspecified atom stereocenters. The standard InChI is InChI=1S/C14H20ClNO4S/c15-14-4-2-1-3-11(14)8-20-9-13(17)7-16-12-5-6-21(18,19)10-12/h1-4,12-13,16-17H,5-10H2/p+1/t12-,13+/m1/s1. The topological polar surface area (TPSA) is 80.2 Å². The number of quaternary nitrogens is 1. The lowest BCUT2D eigenvalue weighted by Crippen LogP contribution is -2.92. The summed E-state index contributed by atoms with van der Waals surface area (Å²) in [5.41, 5.74) is 0.886. The van der Waals surface area contributed by atoms with E-state index in [1.807, 2.05) is 23.5 Å². The van der Waals surface area contributed by atoms with Crippen LogP contribution >= 0.6 is 11.6 Å². The Labute approximate surface area is 130 Å². The second kappa shape index (κ2) is 7.56. The van der Waals surface area contributed by atoms with Crippen molar-refractivity contribution >= 4 is 21.4 Å². The molecule has 0 aromatic heterocycles. The summed E-state index contributed by atoms with van der Waals surface area (Å²) in [6.07, 6.45) is 0.0472. The molecule has 3 N–H and O–H groups in total. The summed E-state index contributed by atoms with van der Waals surface area (Å²) in [7, 11) is -2.86.